The molecular formula is C16H19N3OS. The molecule has 0 atom stereocenters. The molecule has 2 rings (SSSR count). The quantitative estimate of drug-likeness (QED) is 0.628. The van der Waals surface area contributed by atoms with Crippen LogP contribution in [0.25, 0.3) is 0 Å². The summed E-state index contributed by atoms with van der Waals surface area (Å²) in [4.78, 5) is 22.8. The van der Waals surface area contributed by atoms with Gasteiger partial charge in [-0.25, -0.2) is 9.97 Å². The van der Waals surface area contributed by atoms with Crippen LogP contribution in [0.2, 0.25) is 0 Å². The average molecular weight is 301 g/mol. The van der Waals surface area contributed by atoms with E-state index in [1.54, 1.807) is 29.8 Å². The highest BCUT2D eigenvalue weighted by Crippen LogP contribution is 2.15. The Morgan fingerprint density at radius 3 is 2.62 bits per heavy atom. The van der Waals surface area contributed by atoms with Crippen LogP contribution in [0.5, 0.6) is 0 Å². The number of aryl methyl sites for hydroxylation is 1. The number of thioether (sulfide) groups is 1. The van der Waals surface area contributed by atoms with Crippen LogP contribution in [0.3, 0.4) is 0 Å². The molecule has 1 amide bonds. The molecular weight excluding hydrogens is 282 g/mol. The van der Waals surface area contributed by atoms with E-state index in [0.29, 0.717) is 17.4 Å². The van der Waals surface area contributed by atoms with E-state index in [4.69, 9.17) is 0 Å². The molecule has 0 bridgehead atoms. The highest BCUT2D eigenvalue weighted by molar-refractivity contribution is 7.99. The van der Waals surface area contributed by atoms with Gasteiger partial charge in [0.05, 0.1) is 0 Å². The Kier molecular flexibility index (Phi) is 5.33. The SMILES string of the molecule is CCSc1nc(C)cc(C(=O)N(C)Cc2ccccc2)n1. The molecule has 5 heteroatoms. The molecule has 2 aromatic rings. The van der Waals surface area contributed by atoms with E-state index < -0.39 is 0 Å². The number of carbonyl (C=O) groups excluding carboxylic acids is 1. The second-order valence-corrected chi connectivity index (χ2v) is 5.99. The number of rotatable bonds is 5. The van der Waals surface area contributed by atoms with Crippen LogP contribution in [0, 0.1) is 6.92 Å². The largest absolute Gasteiger partial charge is 0.336 e. The number of aromatic nitrogens is 2. The van der Waals surface area contributed by atoms with Crippen molar-refractivity contribution in [2.45, 2.75) is 25.5 Å². The predicted octanol–water partition coefficient (Wildman–Crippen LogP) is 3.17. The standard InChI is InChI=1S/C16H19N3OS/c1-4-21-16-17-12(2)10-14(18-16)15(20)19(3)11-13-8-6-5-7-9-13/h5-10H,4,11H2,1-3H3. The van der Waals surface area contributed by atoms with Crippen molar-refractivity contribution < 1.29 is 4.79 Å². The third kappa shape index (κ3) is 4.29. The van der Waals surface area contributed by atoms with Crippen LogP contribution in [-0.2, 0) is 6.54 Å². The number of carbonyl (C=O) groups is 1. The Hall–Kier alpha value is -1.88. The van der Waals surface area contributed by atoms with Gasteiger partial charge in [0.2, 0.25) is 0 Å². The topological polar surface area (TPSA) is 46.1 Å². The number of nitrogens with zero attached hydrogens (tertiary/aromatic N) is 3. The van der Waals surface area contributed by atoms with E-state index in [-0.39, 0.29) is 5.91 Å². The van der Waals surface area contributed by atoms with Crippen molar-refractivity contribution in [3.05, 3.63) is 53.3 Å². The van der Waals surface area contributed by atoms with Crippen molar-refractivity contribution in [1.82, 2.24) is 14.9 Å². The number of hydrogen-bond donors (Lipinski definition) is 0. The third-order valence-electron chi connectivity index (χ3n) is 2.94. The van der Waals surface area contributed by atoms with E-state index >= 15 is 0 Å². The van der Waals surface area contributed by atoms with Gasteiger partial charge >= 0.3 is 0 Å². The Morgan fingerprint density at radius 2 is 1.95 bits per heavy atom. The predicted molar refractivity (Wildman–Crippen MR) is 85.4 cm³/mol. The van der Waals surface area contributed by atoms with Gasteiger partial charge in [0.25, 0.3) is 5.91 Å². The Labute approximate surface area is 129 Å². The van der Waals surface area contributed by atoms with E-state index in [1.807, 2.05) is 44.2 Å². The van der Waals surface area contributed by atoms with Gasteiger partial charge in [-0.3, -0.25) is 4.79 Å². The van der Waals surface area contributed by atoms with E-state index in [2.05, 4.69) is 9.97 Å². The normalized spacial score (nSPS) is 10.4. The molecule has 0 aliphatic carbocycles. The Bertz CT molecular complexity index is 616. The van der Waals surface area contributed by atoms with Gasteiger partial charge < -0.3 is 4.90 Å². The van der Waals surface area contributed by atoms with Gasteiger partial charge in [-0.1, -0.05) is 49.0 Å². The van der Waals surface area contributed by atoms with Crippen molar-refractivity contribution >= 4 is 17.7 Å². The van der Waals surface area contributed by atoms with E-state index in [0.717, 1.165) is 17.0 Å². The van der Waals surface area contributed by atoms with Crippen molar-refractivity contribution in [2.75, 3.05) is 12.8 Å². The molecule has 21 heavy (non-hydrogen) atoms. The van der Waals surface area contributed by atoms with Crippen LogP contribution in [-0.4, -0.2) is 33.6 Å². The fraction of sp³-hybridized carbons (Fsp3) is 0.312. The molecule has 0 saturated heterocycles. The summed E-state index contributed by atoms with van der Waals surface area (Å²) in [6.45, 7) is 4.49. The summed E-state index contributed by atoms with van der Waals surface area (Å²) < 4.78 is 0. The lowest BCUT2D eigenvalue weighted by atomic mass is 10.2. The maximum atomic E-state index is 12.5. The maximum Gasteiger partial charge on any atom is 0.272 e. The molecule has 0 fully saturated rings. The van der Waals surface area contributed by atoms with Gasteiger partial charge in [0.15, 0.2) is 5.16 Å². The summed E-state index contributed by atoms with van der Waals surface area (Å²) in [6, 6.07) is 11.7. The minimum absolute atomic E-state index is 0.0812. The molecule has 1 aromatic heterocycles. The van der Waals surface area contributed by atoms with Crippen LogP contribution in [0.4, 0.5) is 0 Å². The van der Waals surface area contributed by atoms with Crippen molar-refractivity contribution in [3.63, 3.8) is 0 Å². The Balaban J connectivity index is 2.15. The fourth-order valence-electron chi connectivity index (χ4n) is 1.97. The van der Waals surface area contributed by atoms with Crippen molar-refractivity contribution in [1.29, 1.82) is 0 Å². The summed E-state index contributed by atoms with van der Waals surface area (Å²) in [5.74, 6) is 0.805. The summed E-state index contributed by atoms with van der Waals surface area (Å²) >= 11 is 1.54. The minimum Gasteiger partial charge on any atom is -0.336 e. The highest BCUT2D eigenvalue weighted by Gasteiger charge is 2.15. The fourth-order valence-corrected chi connectivity index (χ4v) is 2.60. The molecule has 0 aliphatic rings. The molecule has 0 saturated carbocycles. The molecule has 0 N–H and O–H groups in total. The van der Waals surface area contributed by atoms with Crippen molar-refractivity contribution in [3.8, 4) is 0 Å². The zero-order valence-corrected chi connectivity index (χ0v) is 13.4. The van der Waals surface area contributed by atoms with Gasteiger partial charge in [-0.2, -0.15) is 0 Å². The van der Waals surface area contributed by atoms with Gasteiger partial charge in [0.1, 0.15) is 5.69 Å². The van der Waals surface area contributed by atoms with E-state index in [1.165, 1.54) is 0 Å². The first-order chi connectivity index (χ1) is 10.1. The second-order valence-electron chi connectivity index (χ2n) is 4.76. The monoisotopic (exact) mass is 301 g/mol. The van der Waals surface area contributed by atoms with Crippen LogP contribution in [0.15, 0.2) is 41.6 Å². The maximum absolute atomic E-state index is 12.5. The Morgan fingerprint density at radius 1 is 1.24 bits per heavy atom. The summed E-state index contributed by atoms with van der Waals surface area (Å²) in [5.41, 5.74) is 2.37. The molecule has 0 radical (unpaired) electrons. The number of benzene rings is 1. The molecule has 1 heterocycles. The summed E-state index contributed by atoms with van der Waals surface area (Å²) in [7, 11) is 1.79. The summed E-state index contributed by atoms with van der Waals surface area (Å²) in [5, 5.41) is 0.661. The molecule has 4 nitrogen and oxygen atoms in total. The van der Waals surface area contributed by atoms with Gasteiger partial charge in [-0.05, 0) is 24.3 Å². The molecule has 1 aromatic carbocycles. The third-order valence-corrected chi connectivity index (χ3v) is 3.66. The lowest BCUT2D eigenvalue weighted by Gasteiger charge is -2.17. The van der Waals surface area contributed by atoms with Crippen LogP contribution < -0.4 is 0 Å². The second kappa shape index (κ2) is 7.22. The number of hydrogen-bond acceptors (Lipinski definition) is 4. The smallest absolute Gasteiger partial charge is 0.272 e. The molecule has 0 spiro atoms. The number of amides is 1. The van der Waals surface area contributed by atoms with E-state index in [9.17, 15) is 4.79 Å². The molecule has 110 valence electrons. The van der Waals surface area contributed by atoms with Crippen LogP contribution in [0.1, 0.15) is 28.7 Å². The zero-order valence-electron chi connectivity index (χ0n) is 12.5. The lowest BCUT2D eigenvalue weighted by molar-refractivity contribution is 0.0778. The molecule has 0 aliphatic heterocycles. The average Bonchev–Trinajstić information content (AvgIpc) is 2.47. The van der Waals surface area contributed by atoms with Crippen LogP contribution >= 0.6 is 11.8 Å². The lowest BCUT2D eigenvalue weighted by Crippen LogP contribution is -2.27. The van der Waals surface area contributed by atoms with Gasteiger partial charge in [-0.15, -0.1) is 0 Å². The summed E-state index contributed by atoms with van der Waals surface area (Å²) in [6.07, 6.45) is 0. The molecule has 0 unspecified atom stereocenters. The zero-order chi connectivity index (χ0) is 15.2. The highest BCUT2D eigenvalue weighted by atomic mass is 32.2. The minimum atomic E-state index is -0.0812. The first kappa shape index (κ1) is 15.5. The first-order valence-corrected chi connectivity index (χ1v) is 7.86. The van der Waals surface area contributed by atoms with Gasteiger partial charge in [0, 0.05) is 19.3 Å². The first-order valence-electron chi connectivity index (χ1n) is 6.88. The van der Waals surface area contributed by atoms with Crippen molar-refractivity contribution in [2.24, 2.45) is 0 Å².